The second-order valence-corrected chi connectivity index (χ2v) is 5.52. The Labute approximate surface area is 131 Å². The highest BCUT2D eigenvalue weighted by Gasteiger charge is 2.10. The van der Waals surface area contributed by atoms with Crippen molar-refractivity contribution in [2.75, 3.05) is 10.6 Å². The molecule has 1 amide bonds. The second kappa shape index (κ2) is 7.02. The molecular formula is C17H22N4O. The Hall–Kier alpha value is -2.43. The van der Waals surface area contributed by atoms with E-state index in [2.05, 4.69) is 59.8 Å². The Bertz CT molecular complexity index is 650. The van der Waals surface area contributed by atoms with Crippen molar-refractivity contribution in [1.29, 1.82) is 0 Å². The lowest BCUT2D eigenvalue weighted by atomic mass is 9.98. The smallest absolute Gasteiger partial charge is 0.225 e. The van der Waals surface area contributed by atoms with Gasteiger partial charge in [-0.15, -0.1) is 10.2 Å². The van der Waals surface area contributed by atoms with Crippen molar-refractivity contribution in [3.8, 4) is 0 Å². The molecule has 0 aliphatic carbocycles. The number of rotatable bonds is 5. The summed E-state index contributed by atoms with van der Waals surface area (Å²) in [6.45, 7) is 8.19. The molecule has 0 unspecified atom stereocenters. The summed E-state index contributed by atoms with van der Waals surface area (Å²) in [6, 6.07) is 9.80. The molecule has 0 saturated carbocycles. The topological polar surface area (TPSA) is 66.9 Å². The van der Waals surface area contributed by atoms with Crippen LogP contribution in [0.15, 0.2) is 30.3 Å². The van der Waals surface area contributed by atoms with Crippen LogP contribution in [0, 0.1) is 6.92 Å². The van der Waals surface area contributed by atoms with Crippen LogP contribution in [-0.2, 0) is 4.79 Å². The first-order valence-electron chi connectivity index (χ1n) is 7.51. The van der Waals surface area contributed by atoms with Crippen LogP contribution >= 0.6 is 0 Å². The first kappa shape index (κ1) is 15.9. The number of benzene rings is 1. The van der Waals surface area contributed by atoms with Crippen LogP contribution in [0.4, 0.5) is 17.3 Å². The Kier molecular flexibility index (Phi) is 5.09. The van der Waals surface area contributed by atoms with Gasteiger partial charge in [-0.25, -0.2) is 0 Å². The van der Waals surface area contributed by atoms with Crippen LogP contribution in [0.3, 0.4) is 0 Å². The molecule has 0 radical (unpaired) electrons. The molecule has 5 nitrogen and oxygen atoms in total. The summed E-state index contributed by atoms with van der Waals surface area (Å²) in [7, 11) is 0. The molecule has 0 fully saturated rings. The van der Waals surface area contributed by atoms with Crippen molar-refractivity contribution in [3.05, 3.63) is 41.5 Å². The van der Waals surface area contributed by atoms with Gasteiger partial charge < -0.3 is 10.6 Å². The van der Waals surface area contributed by atoms with Crippen LogP contribution in [-0.4, -0.2) is 16.1 Å². The maximum absolute atomic E-state index is 11.3. The van der Waals surface area contributed by atoms with Gasteiger partial charge >= 0.3 is 0 Å². The molecule has 0 aliphatic rings. The normalized spacial score (nSPS) is 10.6. The largest absolute Gasteiger partial charge is 0.338 e. The summed E-state index contributed by atoms with van der Waals surface area (Å²) >= 11 is 0. The number of hydrogen-bond acceptors (Lipinski definition) is 4. The highest BCUT2D eigenvalue weighted by Crippen LogP contribution is 2.29. The van der Waals surface area contributed by atoms with Gasteiger partial charge in [0.25, 0.3) is 0 Å². The predicted octanol–water partition coefficient (Wildman–Crippen LogP) is 4.00. The zero-order chi connectivity index (χ0) is 16.1. The quantitative estimate of drug-likeness (QED) is 0.875. The van der Waals surface area contributed by atoms with Crippen molar-refractivity contribution >= 4 is 23.2 Å². The lowest BCUT2D eigenvalue weighted by Gasteiger charge is -2.16. The third kappa shape index (κ3) is 3.81. The Balaban J connectivity index is 2.20. The number of para-hydroxylation sites is 1. The highest BCUT2D eigenvalue weighted by atomic mass is 16.1. The van der Waals surface area contributed by atoms with Gasteiger partial charge in [0.2, 0.25) is 5.91 Å². The maximum Gasteiger partial charge on any atom is 0.225 e. The van der Waals surface area contributed by atoms with Crippen molar-refractivity contribution in [2.45, 2.75) is 40.0 Å². The summed E-state index contributed by atoms with van der Waals surface area (Å²) < 4.78 is 0. The average Bonchev–Trinajstić information content (AvgIpc) is 2.50. The molecule has 0 aliphatic heterocycles. The zero-order valence-electron chi connectivity index (χ0n) is 13.5. The molecule has 1 aromatic carbocycles. The molecule has 0 atom stereocenters. The minimum atomic E-state index is -0.0731. The second-order valence-electron chi connectivity index (χ2n) is 5.52. The monoisotopic (exact) mass is 298 g/mol. The number of hydrogen-bond donors (Lipinski definition) is 2. The summed E-state index contributed by atoms with van der Waals surface area (Å²) in [5.41, 5.74) is 3.47. The Morgan fingerprint density at radius 2 is 1.82 bits per heavy atom. The van der Waals surface area contributed by atoms with Crippen LogP contribution in [0.1, 0.15) is 44.2 Å². The third-order valence-corrected chi connectivity index (χ3v) is 3.43. The summed E-state index contributed by atoms with van der Waals surface area (Å²) in [4.78, 5) is 11.3. The van der Waals surface area contributed by atoms with E-state index in [1.807, 2.05) is 6.07 Å². The predicted molar refractivity (Wildman–Crippen MR) is 89.5 cm³/mol. The van der Waals surface area contributed by atoms with E-state index in [0.717, 1.165) is 11.3 Å². The van der Waals surface area contributed by atoms with Gasteiger partial charge in [0.1, 0.15) is 0 Å². The highest BCUT2D eigenvalue weighted by molar-refractivity contribution is 5.89. The maximum atomic E-state index is 11.3. The standard InChI is InChI=1S/C17H22N4O/c1-5-16(22)18-14-9-10-15(21-20-14)19-17-12(4)7-6-8-13(17)11(2)3/h6-11H,5H2,1-4H3,(H,19,21)(H,18,20,22). The first-order valence-corrected chi connectivity index (χ1v) is 7.51. The number of nitrogens with one attached hydrogen (secondary N) is 2. The number of amides is 1. The van der Waals surface area contributed by atoms with Crippen molar-refractivity contribution < 1.29 is 4.79 Å². The lowest BCUT2D eigenvalue weighted by Crippen LogP contribution is -2.11. The number of aromatic nitrogens is 2. The van der Waals surface area contributed by atoms with E-state index in [4.69, 9.17) is 0 Å². The lowest BCUT2D eigenvalue weighted by molar-refractivity contribution is -0.115. The number of carbonyl (C=O) groups excluding carboxylic acids is 1. The van der Waals surface area contributed by atoms with Gasteiger partial charge in [-0.1, -0.05) is 39.0 Å². The Morgan fingerprint density at radius 3 is 2.41 bits per heavy atom. The van der Waals surface area contributed by atoms with Gasteiger partial charge in [0.05, 0.1) is 0 Å². The molecule has 0 saturated heterocycles. The van der Waals surface area contributed by atoms with E-state index >= 15 is 0 Å². The fourth-order valence-corrected chi connectivity index (χ4v) is 2.17. The fourth-order valence-electron chi connectivity index (χ4n) is 2.17. The molecule has 2 N–H and O–H groups in total. The first-order chi connectivity index (χ1) is 10.5. The van der Waals surface area contributed by atoms with Crippen LogP contribution < -0.4 is 10.6 Å². The summed E-state index contributed by atoms with van der Waals surface area (Å²) in [6.07, 6.45) is 0.419. The summed E-state index contributed by atoms with van der Waals surface area (Å²) in [5, 5.41) is 14.2. The fraction of sp³-hybridized carbons (Fsp3) is 0.353. The average molecular weight is 298 g/mol. The van der Waals surface area contributed by atoms with Gasteiger partial charge in [0, 0.05) is 12.1 Å². The van der Waals surface area contributed by atoms with Gasteiger partial charge in [-0.05, 0) is 36.1 Å². The molecule has 116 valence electrons. The van der Waals surface area contributed by atoms with Crippen LogP contribution in [0.2, 0.25) is 0 Å². The van der Waals surface area contributed by atoms with E-state index in [1.54, 1.807) is 13.0 Å². The van der Waals surface area contributed by atoms with E-state index in [9.17, 15) is 4.79 Å². The third-order valence-electron chi connectivity index (χ3n) is 3.43. The Morgan fingerprint density at radius 1 is 1.14 bits per heavy atom. The van der Waals surface area contributed by atoms with Crippen molar-refractivity contribution in [1.82, 2.24) is 10.2 Å². The van der Waals surface area contributed by atoms with E-state index < -0.39 is 0 Å². The molecular weight excluding hydrogens is 276 g/mol. The van der Waals surface area contributed by atoms with E-state index in [-0.39, 0.29) is 5.91 Å². The molecule has 1 heterocycles. The number of carbonyl (C=O) groups is 1. The molecule has 0 spiro atoms. The number of anilines is 3. The molecule has 22 heavy (non-hydrogen) atoms. The minimum Gasteiger partial charge on any atom is -0.338 e. The number of nitrogens with zero attached hydrogens (tertiary/aromatic N) is 2. The SMILES string of the molecule is CCC(=O)Nc1ccc(Nc2c(C)cccc2C(C)C)nn1. The minimum absolute atomic E-state index is 0.0731. The van der Waals surface area contributed by atoms with Gasteiger partial charge in [0.15, 0.2) is 11.6 Å². The molecule has 0 bridgehead atoms. The molecule has 1 aromatic heterocycles. The van der Waals surface area contributed by atoms with E-state index in [0.29, 0.717) is 24.0 Å². The van der Waals surface area contributed by atoms with Crippen LogP contribution in [0.25, 0.3) is 0 Å². The van der Waals surface area contributed by atoms with Gasteiger partial charge in [-0.3, -0.25) is 4.79 Å². The van der Waals surface area contributed by atoms with E-state index in [1.165, 1.54) is 5.56 Å². The molecule has 2 aromatic rings. The number of aryl methyl sites for hydroxylation is 1. The van der Waals surface area contributed by atoms with Crippen molar-refractivity contribution in [3.63, 3.8) is 0 Å². The van der Waals surface area contributed by atoms with Crippen LogP contribution in [0.5, 0.6) is 0 Å². The molecule has 2 rings (SSSR count). The van der Waals surface area contributed by atoms with Crippen molar-refractivity contribution in [2.24, 2.45) is 0 Å². The molecule has 5 heteroatoms. The zero-order valence-corrected chi connectivity index (χ0v) is 13.5. The summed E-state index contributed by atoms with van der Waals surface area (Å²) in [5.74, 6) is 1.46. The van der Waals surface area contributed by atoms with Gasteiger partial charge in [-0.2, -0.15) is 0 Å².